The van der Waals surface area contributed by atoms with Gasteiger partial charge in [0.25, 0.3) is 5.91 Å². The summed E-state index contributed by atoms with van der Waals surface area (Å²) in [6.07, 6.45) is 1.98. The molecule has 140 valence electrons. The number of hydrogen-bond donors (Lipinski definition) is 1. The van der Waals surface area contributed by atoms with Crippen molar-refractivity contribution in [2.75, 3.05) is 24.7 Å². The summed E-state index contributed by atoms with van der Waals surface area (Å²) in [5, 5.41) is 2.83. The molecule has 0 aromatic heterocycles. The lowest BCUT2D eigenvalue weighted by Crippen LogP contribution is -2.30. The van der Waals surface area contributed by atoms with Crippen molar-refractivity contribution in [3.05, 3.63) is 53.6 Å². The number of hydrogen-bond acceptors (Lipinski definition) is 4. The van der Waals surface area contributed by atoms with Gasteiger partial charge >= 0.3 is 0 Å². The zero-order valence-corrected chi connectivity index (χ0v) is 17.1. The lowest BCUT2D eigenvalue weighted by Gasteiger charge is -2.19. The maximum absolute atomic E-state index is 12.7. The number of nitrogens with zero attached hydrogens (tertiary/aromatic N) is 1. The van der Waals surface area contributed by atoms with E-state index in [1.54, 1.807) is 44.7 Å². The molecule has 5 nitrogen and oxygen atoms in total. The highest BCUT2D eigenvalue weighted by Gasteiger charge is 2.23. The van der Waals surface area contributed by atoms with E-state index in [9.17, 15) is 13.2 Å². The van der Waals surface area contributed by atoms with E-state index in [0.29, 0.717) is 24.3 Å². The van der Waals surface area contributed by atoms with Crippen LogP contribution in [-0.4, -0.2) is 38.0 Å². The summed E-state index contributed by atoms with van der Waals surface area (Å²) < 4.78 is 26.8. The number of carbonyl (C=O) groups is 1. The predicted molar refractivity (Wildman–Crippen MR) is 107 cm³/mol. The quantitative estimate of drug-likeness (QED) is 0.723. The first-order chi connectivity index (χ1) is 12.3. The molecular weight excluding hydrogens is 368 g/mol. The zero-order chi connectivity index (χ0) is 19.3. The molecule has 1 N–H and O–H groups in total. The van der Waals surface area contributed by atoms with E-state index >= 15 is 0 Å². The Morgan fingerprint density at radius 3 is 2.23 bits per heavy atom. The van der Waals surface area contributed by atoms with Crippen molar-refractivity contribution < 1.29 is 13.2 Å². The maximum Gasteiger partial charge on any atom is 0.255 e. The van der Waals surface area contributed by atoms with E-state index in [-0.39, 0.29) is 10.8 Å². The minimum Gasteiger partial charge on any atom is -0.322 e. The average molecular weight is 393 g/mol. The predicted octanol–water partition coefficient (Wildman–Crippen LogP) is 4.00. The Morgan fingerprint density at radius 1 is 1.08 bits per heavy atom. The molecular formula is C19H24N2O3S2. The van der Waals surface area contributed by atoms with Gasteiger partial charge in [0, 0.05) is 29.2 Å². The molecule has 7 heteroatoms. The molecule has 0 bridgehead atoms. The summed E-state index contributed by atoms with van der Waals surface area (Å²) in [5.41, 5.74) is 1.75. The van der Waals surface area contributed by atoms with Gasteiger partial charge in [0.2, 0.25) is 10.0 Å². The van der Waals surface area contributed by atoms with E-state index in [0.717, 1.165) is 10.5 Å². The third-order valence-corrected chi connectivity index (χ3v) is 6.93. The number of sulfonamides is 1. The molecule has 2 aromatic carbocycles. The SMILES string of the molecule is CCN(CC)S(=O)(=O)c1ccc(C)c(C(=O)Nc2ccc(SC)cc2)c1. The normalized spacial score (nSPS) is 11.6. The molecule has 26 heavy (non-hydrogen) atoms. The second-order valence-corrected chi connectivity index (χ2v) is 8.57. The van der Waals surface area contributed by atoms with Gasteiger partial charge in [-0.25, -0.2) is 8.42 Å². The van der Waals surface area contributed by atoms with Crippen LogP contribution in [0.15, 0.2) is 52.3 Å². The Kier molecular flexibility index (Phi) is 6.86. The van der Waals surface area contributed by atoms with Gasteiger partial charge < -0.3 is 5.32 Å². The molecule has 0 saturated heterocycles. The van der Waals surface area contributed by atoms with Gasteiger partial charge in [0.1, 0.15) is 0 Å². The van der Waals surface area contributed by atoms with Crippen LogP contribution in [-0.2, 0) is 10.0 Å². The zero-order valence-electron chi connectivity index (χ0n) is 15.4. The Bertz CT molecular complexity index is 874. The molecule has 0 aliphatic rings. The molecule has 2 rings (SSSR count). The third kappa shape index (κ3) is 4.47. The van der Waals surface area contributed by atoms with Crippen molar-refractivity contribution >= 4 is 33.4 Å². The van der Waals surface area contributed by atoms with Gasteiger partial charge in [0.15, 0.2) is 0 Å². The largest absolute Gasteiger partial charge is 0.322 e. The summed E-state index contributed by atoms with van der Waals surface area (Å²) in [6.45, 7) is 6.15. The molecule has 0 saturated carbocycles. The van der Waals surface area contributed by atoms with Crippen LogP contribution in [0, 0.1) is 6.92 Å². The molecule has 0 spiro atoms. The first-order valence-electron chi connectivity index (χ1n) is 8.39. The number of amides is 1. The molecule has 0 aliphatic heterocycles. The Hall–Kier alpha value is -1.83. The molecule has 1 amide bonds. The Balaban J connectivity index is 2.32. The van der Waals surface area contributed by atoms with Crippen LogP contribution >= 0.6 is 11.8 Å². The number of benzene rings is 2. The summed E-state index contributed by atoms with van der Waals surface area (Å²) in [4.78, 5) is 13.9. The number of nitrogens with one attached hydrogen (secondary N) is 1. The van der Waals surface area contributed by atoms with Crippen LogP contribution < -0.4 is 5.32 Å². The molecule has 0 atom stereocenters. The van der Waals surface area contributed by atoms with Gasteiger partial charge in [-0.2, -0.15) is 4.31 Å². The highest BCUT2D eigenvalue weighted by Crippen LogP contribution is 2.22. The molecule has 0 aliphatic carbocycles. The standard InChI is InChI=1S/C19H24N2O3S2/c1-5-21(6-2)26(23,24)17-12-7-14(3)18(13-17)19(22)20-15-8-10-16(25-4)11-9-15/h7-13H,5-6H2,1-4H3,(H,20,22). The van der Waals surface area contributed by atoms with E-state index in [4.69, 9.17) is 0 Å². The highest BCUT2D eigenvalue weighted by atomic mass is 32.2. The Morgan fingerprint density at radius 2 is 1.69 bits per heavy atom. The third-order valence-electron chi connectivity index (χ3n) is 4.14. The van der Waals surface area contributed by atoms with E-state index < -0.39 is 10.0 Å². The molecule has 0 radical (unpaired) electrons. The van der Waals surface area contributed by atoms with Gasteiger partial charge in [-0.15, -0.1) is 11.8 Å². The van der Waals surface area contributed by atoms with E-state index in [1.165, 1.54) is 10.4 Å². The monoisotopic (exact) mass is 392 g/mol. The summed E-state index contributed by atoms with van der Waals surface area (Å²) >= 11 is 1.62. The summed E-state index contributed by atoms with van der Waals surface area (Å²) in [7, 11) is -3.61. The molecule has 0 fully saturated rings. The number of thioether (sulfide) groups is 1. The van der Waals surface area contributed by atoms with Crippen LogP contribution in [0.5, 0.6) is 0 Å². The van der Waals surface area contributed by atoms with Gasteiger partial charge in [-0.05, 0) is 55.1 Å². The first kappa shape index (κ1) is 20.5. The maximum atomic E-state index is 12.7. The van der Waals surface area contributed by atoms with E-state index in [1.807, 2.05) is 30.5 Å². The minimum atomic E-state index is -3.61. The lowest BCUT2D eigenvalue weighted by atomic mass is 10.1. The summed E-state index contributed by atoms with van der Waals surface area (Å²) in [6, 6.07) is 12.2. The summed E-state index contributed by atoms with van der Waals surface area (Å²) in [5.74, 6) is -0.323. The molecule has 2 aromatic rings. The van der Waals surface area contributed by atoms with Crippen LogP contribution in [0.4, 0.5) is 5.69 Å². The minimum absolute atomic E-state index is 0.134. The van der Waals surface area contributed by atoms with Crippen LogP contribution in [0.1, 0.15) is 29.8 Å². The number of carbonyl (C=O) groups excluding carboxylic acids is 1. The fraction of sp³-hybridized carbons (Fsp3) is 0.316. The van der Waals surface area contributed by atoms with Gasteiger partial charge in [-0.3, -0.25) is 4.79 Å². The number of aryl methyl sites for hydroxylation is 1. The second-order valence-electron chi connectivity index (χ2n) is 5.75. The first-order valence-corrected chi connectivity index (χ1v) is 11.1. The van der Waals surface area contributed by atoms with Crippen LogP contribution in [0.3, 0.4) is 0 Å². The topological polar surface area (TPSA) is 66.5 Å². The fourth-order valence-electron chi connectivity index (χ4n) is 2.59. The van der Waals surface area contributed by atoms with Crippen molar-refractivity contribution in [3.63, 3.8) is 0 Å². The van der Waals surface area contributed by atoms with Gasteiger partial charge in [-0.1, -0.05) is 19.9 Å². The van der Waals surface area contributed by atoms with Crippen molar-refractivity contribution in [1.29, 1.82) is 0 Å². The highest BCUT2D eigenvalue weighted by molar-refractivity contribution is 7.98. The van der Waals surface area contributed by atoms with Crippen molar-refractivity contribution in [2.24, 2.45) is 0 Å². The molecule has 0 heterocycles. The smallest absolute Gasteiger partial charge is 0.255 e. The second kappa shape index (κ2) is 8.70. The van der Waals surface area contributed by atoms with Gasteiger partial charge in [0.05, 0.1) is 4.90 Å². The Labute approximate surface area is 159 Å². The number of rotatable bonds is 7. The average Bonchev–Trinajstić information content (AvgIpc) is 2.63. The van der Waals surface area contributed by atoms with E-state index in [2.05, 4.69) is 5.32 Å². The molecule has 0 unspecified atom stereocenters. The fourth-order valence-corrected chi connectivity index (χ4v) is 4.48. The van der Waals surface area contributed by atoms with Crippen molar-refractivity contribution in [2.45, 2.75) is 30.6 Å². The van der Waals surface area contributed by atoms with Crippen molar-refractivity contribution in [3.8, 4) is 0 Å². The van der Waals surface area contributed by atoms with Crippen LogP contribution in [0.2, 0.25) is 0 Å². The van der Waals surface area contributed by atoms with Crippen LogP contribution in [0.25, 0.3) is 0 Å². The van der Waals surface area contributed by atoms with Crippen molar-refractivity contribution in [1.82, 2.24) is 4.31 Å². The lowest BCUT2D eigenvalue weighted by molar-refractivity contribution is 0.102. The number of anilines is 1.